The molecule has 1 aliphatic heterocycles. The molecule has 3 aromatic rings. The summed E-state index contributed by atoms with van der Waals surface area (Å²) in [6.45, 7) is 2.48. The molecule has 128 valence electrons. The molecule has 1 fully saturated rings. The van der Waals surface area contributed by atoms with Gasteiger partial charge in [0.05, 0.1) is 28.1 Å². The van der Waals surface area contributed by atoms with Gasteiger partial charge in [-0.15, -0.1) is 11.3 Å². The molecule has 4 rings (SSSR count). The Kier molecular flexibility index (Phi) is 4.98. The van der Waals surface area contributed by atoms with E-state index in [0.717, 1.165) is 51.7 Å². The van der Waals surface area contributed by atoms with Crippen LogP contribution in [-0.4, -0.2) is 40.8 Å². The number of hydrogen-bond acceptors (Lipinski definition) is 6. The van der Waals surface area contributed by atoms with E-state index in [4.69, 9.17) is 17.0 Å². The predicted molar refractivity (Wildman–Crippen MR) is 106 cm³/mol. The highest BCUT2D eigenvalue weighted by Crippen LogP contribution is 2.27. The molecule has 0 spiro atoms. The number of thiazole rings is 1. The van der Waals surface area contributed by atoms with Gasteiger partial charge in [-0.25, -0.2) is 4.98 Å². The van der Waals surface area contributed by atoms with Crippen LogP contribution in [0.4, 0.5) is 5.82 Å². The normalized spacial score (nSPS) is 17.5. The molecule has 25 heavy (non-hydrogen) atoms. The predicted octanol–water partition coefficient (Wildman–Crippen LogP) is 3.48. The van der Waals surface area contributed by atoms with Gasteiger partial charge in [0.15, 0.2) is 0 Å². The summed E-state index contributed by atoms with van der Waals surface area (Å²) in [5, 5.41) is 8.78. The lowest BCUT2D eigenvalue weighted by Crippen LogP contribution is -2.40. The van der Waals surface area contributed by atoms with Crippen molar-refractivity contribution in [3.05, 3.63) is 42.2 Å². The first-order valence-electron chi connectivity index (χ1n) is 8.19. The Morgan fingerprint density at radius 2 is 2.28 bits per heavy atom. The first kappa shape index (κ1) is 16.5. The molecule has 1 aliphatic rings. The molecule has 0 bridgehead atoms. The maximum atomic E-state index is 5.70. The van der Waals surface area contributed by atoms with Gasteiger partial charge >= 0.3 is 0 Å². The van der Waals surface area contributed by atoms with Crippen LogP contribution in [0, 0.1) is 0 Å². The summed E-state index contributed by atoms with van der Waals surface area (Å²) in [7, 11) is 0. The van der Waals surface area contributed by atoms with Crippen LogP contribution in [0.5, 0.6) is 0 Å². The lowest BCUT2D eigenvalue weighted by molar-refractivity contribution is 0.0339. The average Bonchev–Trinajstić information content (AvgIpc) is 3.16. The van der Waals surface area contributed by atoms with Crippen LogP contribution in [0.2, 0.25) is 0 Å². The zero-order chi connectivity index (χ0) is 17.1. The monoisotopic (exact) mass is 370 g/mol. The van der Waals surface area contributed by atoms with Gasteiger partial charge in [0.2, 0.25) is 0 Å². The van der Waals surface area contributed by atoms with Crippen LogP contribution in [0.3, 0.4) is 0 Å². The maximum absolute atomic E-state index is 5.70. The van der Waals surface area contributed by atoms with Crippen LogP contribution in [0.15, 0.2) is 42.2 Å². The quantitative estimate of drug-likeness (QED) is 0.686. The number of aromatic nitrogens is 2. The van der Waals surface area contributed by atoms with Crippen molar-refractivity contribution in [2.45, 2.75) is 12.5 Å². The third-order valence-electron chi connectivity index (χ3n) is 4.12. The topological polar surface area (TPSA) is 59.1 Å². The second kappa shape index (κ2) is 7.53. The molecule has 0 radical (unpaired) electrons. The molecule has 1 aromatic carbocycles. The summed E-state index contributed by atoms with van der Waals surface area (Å²) in [5.74, 6) is 0.766. The van der Waals surface area contributed by atoms with Crippen LogP contribution >= 0.6 is 23.6 Å². The fourth-order valence-electron chi connectivity index (χ4n) is 2.87. The van der Waals surface area contributed by atoms with Gasteiger partial charge < -0.3 is 15.4 Å². The van der Waals surface area contributed by atoms with E-state index in [1.807, 2.05) is 24.0 Å². The summed E-state index contributed by atoms with van der Waals surface area (Å²) in [4.78, 5) is 10.5. The second-order valence-corrected chi connectivity index (χ2v) is 7.33. The average molecular weight is 371 g/mol. The first-order chi connectivity index (χ1) is 12.3. The Labute approximate surface area is 155 Å². The smallest absolute Gasteiger partial charge is 0.131 e. The van der Waals surface area contributed by atoms with Crippen LogP contribution < -0.4 is 10.6 Å². The molecule has 0 saturated carbocycles. The third kappa shape index (κ3) is 4.01. The lowest BCUT2D eigenvalue weighted by Gasteiger charge is -2.23. The summed E-state index contributed by atoms with van der Waals surface area (Å²) >= 11 is 7.10. The standard InChI is InChI=1S/C18H18N4OS2/c24-18(7-15-9-19-3-4-23-15)22-17-6-14-5-12(16-10-20-11-25-16)1-2-13(14)8-21-17/h1-2,5-6,8,10-11,15,19H,3-4,7,9H2,(H,21,22,24). The van der Waals surface area contributed by atoms with Crippen molar-refractivity contribution in [2.75, 3.05) is 25.0 Å². The van der Waals surface area contributed by atoms with E-state index in [1.165, 1.54) is 0 Å². The molecule has 0 aliphatic carbocycles. The Morgan fingerprint density at radius 3 is 3.08 bits per heavy atom. The second-order valence-electron chi connectivity index (χ2n) is 5.95. The van der Waals surface area contributed by atoms with E-state index in [0.29, 0.717) is 6.42 Å². The minimum absolute atomic E-state index is 0.132. The number of hydrogen-bond donors (Lipinski definition) is 2. The number of nitrogens with zero attached hydrogens (tertiary/aromatic N) is 2. The summed E-state index contributed by atoms with van der Waals surface area (Å²) in [5.41, 5.74) is 3.01. The molecular weight excluding hydrogens is 352 g/mol. The fraction of sp³-hybridized carbons (Fsp3) is 0.278. The van der Waals surface area contributed by atoms with E-state index in [2.05, 4.69) is 38.8 Å². The van der Waals surface area contributed by atoms with Gasteiger partial charge in [-0.2, -0.15) is 0 Å². The molecule has 1 saturated heterocycles. The van der Waals surface area contributed by atoms with Crippen molar-refractivity contribution >= 4 is 45.1 Å². The first-order valence-corrected chi connectivity index (χ1v) is 9.47. The van der Waals surface area contributed by atoms with Crippen molar-refractivity contribution in [3.63, 3.8) is 0 Å². The molecule has 2 aromatic heterocycles. The largest absolute Gasteiger partial charge is 0.375 e. The van der Waals surface area contributed by atoms with Gasteiger partial charge in [0.1, 0.15) is 5.82 Å². The van der Waals surface area contributed by atoms with Crippen molar-refractivity contribution < 1.29 is 4.74 Å². The van der Waals surface area contributed by atoms with Crippen LogP contribution in [0.1, 0.15) is 6.42 Å². The van der Waals surface area contributed by atoms with Gasteiger partial charge in [-0.05, 0) is 23.1 Å². The minimum Gasteiger partial charge on any atom is -0.375 e. The Bertz CT molecular complexity index is 876. The van der Waals surface area contributed by atoms with Crippen molar-refractivity contribution in [1.29, 1.82) is 0 Å². The number of nitrogens with one attached hydrogen (secondary N) is 2. The Balaban J connectivity index is 1.50. The molecular formula is C18H18N4OS2. The maximum Gasteiger partial charge on any atom is 0.131 e. The van der Waals surface area contributed by atoms with E-state index < -0.39 is 0 Å². The van der Waals surface area contributed by atoms with Gasteiger partial charge in [0.25, 0.3) is 0 Å². The number of thiocarbonyl (C=S) groups is 1. The molecule has 5 nitrogen and oxygen atoms in total. The highest BCUT2D eigenvalue weighted by molar-refractivity contribution is 7.80. The highest BCUT2D eigenvalue weighted by Gasteiger charge is 2.15. The van der Waals surface area contributed by atoms with Gasteiger partial charge in [-0.1, -0.05) is 24.4 Å². The Morgan fingerprint density at radius 1 is 1.32 bits per heavy atom. The minimum atomic E-state index is 0.132. The van der Waals surface area contributed by atoms with Gasteiger partial charge in [0, 0.05) is 37.3 Å². The highest BCUT2D eigenvalue weighted by atomic mass is 32.1. The zero-order valence-electron chi connectivity index (χ0n) is 13.6. The van der Waals surface area contributed by atoms with Gasteiger partial charge in [-0.3, -0.25) is 4.98 Å². The molecule has 7 heteroatoms. The Hall–Kier alpha value is -1.93. The third-order valence-corrected chi connectivity index (χ3v) is 5.21. The number of fused-ring (bicyclic) bond motifs is 1. The SMILES string of the molecule is S=C(CC1CNCCO1)Nc1cc2cc(-c3cncs3)ccc2cn1. The number of anilines is 1. The molecule has 2 N–H and O–H groups in total. The summed E-state index contributed by atoms with van der Waals surface area (Å²) in [6.07, 6.45) is 4.59. The number of morpholine rings is 1. The molecule has 1 unspecified atom stereocenters. The summed E-state index contributed by atoms with van der Waals surface area (Å²) < 4.78 is 5.70. The molecule has 1 atom stereocenters. The summed E-state index contributed by atoms with van der Waals surface area (Å²) in [6, 6.07) is 8.38. The van der Waals surface area contributed by atoms with E-state index in [1.54, 1.807) is 11.3 Å². The number of benzene rings is 1. The van der Waals surface area contributed by atoms with Crippen molar-refractivity contribution in [1.82, 2.24) is 15.3 Å². The van der Waals surface area contributed by atoms with E-state index in [-0.39, 0.29) is 6.10 Å². The molecule has 3 heterocycles. The number of rotatable bonds is 4. The van der Waals surface area contributed by atoms with E-state index in [9.17, 15) is 0 Å². The fourth-order valence-corrected chi connectivity index (χ4v) is 3.78. The number of pyridine rings is 1. The van der Waals surface area contributed by atoms with Crippen molar-refractivity contribution in [2.24, 2.45) is 0 Å². The van der Waals surface area contributed by atoms with Crippen LogP contribution in [-0.2, 0) is 4.74 Å². The number of ether oxygens (including phenoxy) is 1. The molecule has 0 amide bonds. The van der Waals surface area contributed by atoms with Crippen molar-refractivity contribution in [3.8, 4) is 10.4 Å². The van der Waals surface area contributed by atoms with Crippen LogP contribution in [0.25, 0.3) is 21.2 Å². The zero-order valence-corrected chi connectivity index (χ0v) is 15.2. The van der Waals surface area contributed by atoms with E-state index >= 15 is 0 Å². The lowest BCUT2D eigenvalue weighted by atomic mass is 10.1.